The van der Waals surface area contributed by atoms with E-state index in [2.05, 4.69) is 81.5 Å². The number of esters is 2. The van der Waals surface area contributed by atoms with Crippen LogP contribution >= 0.6 is 0 Å². The zero-order chi connectivity index (χ0) is 44.9. The van der Waals surface area contributed by atoms with E-state index >= 15 is 0 Å². The number of carbonyl (C=O) groups is 2. The van der Waals surface area contributed by atoms with Gasteiger partial charge in [0.05, 0.1) is 6.61 Å². The Morgan fingerprint density at radius 1 is 0.371 bits per heavy atom. The number of carbonyl (C=O) groups excluding carboxylic acids is 2. The van der Waals surface area contributed by atoms with Crippen molar-refractivity contribution >= 4 is 11.9 Å². The van der Waals surface area contributed by atoms with Gasteiger partial charge in [0.25, 0.3) is 0 Å². The van der Waals surface area contributed by atoms with Crippen LogP contribution in [0, 0.1) is 0 Å². The van der Waals surface area contributed by atoms with Crippen molar-refractivity contribution in [3.63, 3.8) is 0 Å². The average molecular weight is 867 g/mol. The molecule has 5 nitrogen and oxygen atoms in total. The van der Waals surface area contributed by atoms with Crippen molar-refractivity contribution in [2.75, 3.05) is 19.8 Å². The van der Waals surface area contributed by atoms with Gasteiger partial charge in [-0.1, -0.05) is 236 Å². The molecule has 0 aromatic heterocycles. The molecule has 0 amide bonds. The summed E-state index contributed by atoms with van der Waals surface area (Å²) in [4.78, 5) is 25.4. The molecule has 0 heterocycles. The first-order chi connectivity index (χ1) is 30.6. The smallest absolute Gasteiger partial charge is 0.306 e. The van der Waals surface area contributed by atoms with E-state index in [1.807, 2.05) is 0 Å². The fourth-order valence-electron chi connectivity index (χ4n) is 7.56. The van der Waals surface area contributed by atoms with Crippen LogP contribution < -0.4 is 0 Å². The average Bonchev–Trinajstić information content (AvgIpc) is 3.27. The molecule has 0 fully saturated rings. The zero-order valence-electron chi connectivity index (χ0n) is 41.4. The van der Waals surface area contributed by atoms with Crippen molar-refractivity contribution in [2.24, 2.45) is 0 Å². The van der Waals surface area contributed by atoms with Gasteiger partial charge >= 0.3 is 11.9 Å². The quantitative estimate of drug-likeness (QED) is 0.0346. The van der Waals surface area contributed by atoms with Crippen LogP contribution in [0.4, 0.5) is 0 Å². The number of hydrogen-bond donors (Lipinski definition) is 0. The largest absolute Gasteiger partial charge is 0.462 e. The summed E-state index contributed by atoms with van der Waals surface area (Å²) in [5.74, 6) is -0.424. The second kappa shape index (κ2) is 52.9. The van der Waals surface area contributed by atoms with Crippen LogP contribution in [0.15, 0.2) is 60.8 Å². The van der Waals surface area contributed by atoms with Crippen molar-refractivity contribution < 1.29 is 23.8 Å². The van der Waals surface area contributed by atoms with Crippen LogP contribution in [0.3, 0.4) is 0 Å². The maximum Gasteiger partial charge on any atom is 0.306 e. The summed E-state index contributed by atoms with van der Waals surface area (Å²) in [6, 6.07) is 0. The summed E-state index contributed by atoms with van der Waals surface area (Å²) in [5, 5.41) is 0. The van der Waals surface area contributed by atoms with Crippen LogP contribution in [0.2, 0.25) is 0 Å². The monoisotopic (exact) mass is 867 g/mol. The lowest BCUT2D eigenvalue weighted by Gasteiger charge is -2.18. The molecule has 0 aromatic carbocycles. The molecule has 5 heteroatoms. The van der Waals surface area contributed by atoms with Gasteiger partial charge in [-0.2, -0.15) is 0 Å². The summed E-state index contributed by atoms with van der Waals surface area (Å²) < 4.78 is 17.4. The van der Waals surface area contributed by atoms with Crippen LogP contribution in [-0.4, -0.2) is 37.9 Å². The Labute approximate surface area is 385 Å². The fraction of sp³-hybridized carbons (Fsp3) is 0.789. The standard InChI is InChI=1S/C57H102O5/c1-4-7-10-13-16-19-22-25-27-28-29-31-34-37-40-43-46-49-52-60-53-55(62-57(59)51-48-45-42-39-36-32-24-21-18-15-12-9-6-3)54-61-56(58)50-47-44-41-38-35-33-30-26-23-20-17-14-11-8-5-2/h8,11-12,15,17,20-21,24,26,30,55H,4-7,9-10,13-14,16,18-19,22-23,25,27-29,31-54H2,1-3H3/b11-8-,15-12-,20-17-,24-21-,30-26-. The van der Waals surface area contributed by atoms with Gasteiger partial charge in [-0.25, -0.2) is 0 Å². The first-order valence-electron chi connectivity index (χ1n) is 26.8. The van der Waals surface area contributed by atoms with Crippen LogP contribution in [0.5, 0.6) is 0 Å². The summed E-state index contributed by atoms with van der Waals surface area (Å²) >= 11 is 0. The maximum absolute atomic E-state index is 12.8. The molecular weight excluding hydrogens is 765 g/mol. The van der Waals surface area contributed by atoms with Gasteiger partial charge < -0.3 is 14.2 Å². The summed E-state index contributed by atoms with van der Waals surface area (Å²) in [6.45, 7) is 7.66. The normalized spacial score (nSPS) is 12.6. The SMILES string of the molecule is CC/C=C\C/C=C\C/C=C\CCCCCCCC(=O)OCC(COCCCCCCCCCCCCCCCCCCCC)OC(=O)CCCCCCC/C=C\C/C=C\CCC. The molecule has 0 aliphatic heterocycles. The van der Waals surface area contributed by atoms with E-state index in [1.54, 1.807) is 0 Å². The molecule has 0 saturated heterocycles. The number of ether oxygens (including phenoxy) is 3. The molecule has 0 spiro atoms. The van der Waals surface area contributed by atoms with Crippen molar-refractivity contribution in [1.82, 2.24) is 0 Å². The van der Waals surface area contributed by atoms with Crippen LogP contribution in [-0.2, 0) is 23.8 Å². The Hall–Kier alpha value is -2.40. The van der Waals surface area contributed by atoms with Crippen LogP contribution in [0.25, 0.3) is 0 Å². The Bertz CT molecular complexity index is 1070. The van der Waals surface area contributed by atoms with Gasteiger partial charge in [0.1, 0.15) is 6.61 Å². The third-order valence-electron chi connectivity index (χ3n) is 11.5. The van der Waals surface area contributed by atoms with Gasteiger partial charge in [0.2, 0.25) is 0 Å². The molecule has 0 saturated carbocycles. The minimum atomic E-state index is -0.549. The molecule has 0 aromatic rings. The highest BCUT2D eigenvalue weighted by molar-refractivity contribution is 5.70. The molecule has 0 radical (unpaired) electrons. The van der Waals surface area contributed by atoms with E-state index in [-0.39, 0.29) is 25.2 Å². The second-order valence-electron chi connectivity index (χ2n) is 17.8. The van der Waals surface area contributed by atoms with Gasteiger partial charge in [0, 0.05) is 19.4 Å². The van der Waals surface area contributed by atoms with E-state index in [1.165, 1.54) is 141 Å². The van der Waals surface area contributed by atoms with Crippen molar-refractivity contribution in [3.8, 4) is 0 Å². The topological polar surface area (TPSA) is 61.8 Å². The van der Waals surface area contributed by atoms with E-state index in [9.17, 15) is 9.59 Å². The minimum absolute atomic E-state index is 0.0720. The van der Waals surface area contributed by atoms with Gasteiger partial charge in [-0.3, -0.25) is 9.59 Å². The van der Waals surface area contributed by atoms with Gasteiger partial charge in [-0.05, 0) is 77.0 Å². The van der Waals surface area contributed by atoms with E-state index in [0.29, 0.717) is 19.4 Å². The minimum Gasteiger partial charge on any atom is -0.462 e. The molecule has 0 aliphatic rings. The highest BCUT2D eigenvalue weighted by Crippen LogP contribution is 2.15. The summed E-state index contributed by atoms with van der Waals surface area (Å²) in [6.07, 6.45) is 66.6. The second-order valence-corrected chi connectivity index (χ2v) is 17.8. The molecule has 1 unspecified atom stereocenters. The highest BCUT2D eigenvalue weighted by atomic mass is 16.6. The van der Waals surface area contributed by atoms with Gasteiger partial charge in [0.15, 0.2) is 6.10 Å². The van der Waals surface area contributed by atoms with Crippen molar-refractivity contribution in [2.45, 2.75) is 271 Å². The Morgan fingerprint density at radius 2 is 0.758 bits per heavy atom. The maximum atomic E-state index is 12.8. The molecule has 0 N–H and O–H groups in total. The summed E-state index contributed by atoms with van der Waals surface area (Å²) in [7, 11) is 0. The third-order valence-corrected chi connectivity index (χ3v) is 11.5. The van der Waals surface area contributed by atoms with E-state index in [4.69, 9.17) is 14.2 Å². The molecule has 62 heavy (non-hydrogen) atoms. The summed E-state index contributed by atoms with van der Waals surface area (Å²) in [5.41, 5.74) is 0. The van der Waals surface area contributed by atoms with Crippen molar-refractivity contribution in [3.05, 3.63) is 60.8 Å². The molecule has 0 aliphatic carbocycles. The fourth-order valence-corrected chi connectivity index (χ4v) is 7.56. The Morgan fingerprint density at radius 3 is 1.23 bits per heavy atom. The third kappa shape index (κ3) is 50.2. The zero-order valence-corrected chi connectivity index (χ0v) is 41.4. The molecular formula is C57H102O5. The van der Waals surface area contributed by atoms with Crippen LogP contribution in [0.1, 0.15) is 265 Å². The Balaban J connectivity index is 4.26. The lowest BCUT2D eigenvalue weighted by molar-refractivity contribution is -0.163. The van der Waals surface area contributed by atoms with E-state index in [0.717, 1.165) is 89.9 Å². The van der Waals surface area contributed by atoms with E-state index < -0.39 is 6.10 Å². The number of unbranched alkanes of at least 4 members (excludes halogenated alkanes) is 28. The Kier molecular flexibility index (Phi) is 50.9. The highest BCUT2D eigenvalue weighted by Gasteiger charge is 2.17. The molecule has 1 atom stereocenters. The molecule has 360 valence electrons. The first kappa shape index (κ1) is 59.6. The lowest BCUT2D eigenvalue weighted by atomic mass is 10.0. The first-order valence-corrected chi connectivity index (χ1v) is 26.8. The van der Waals surface area contributed by atoms with Gasteiger partial charge in [-0.15, -0.1) is 0 Å². The number of rotatable bonds is 49. The molecule has 0 rings (SSSR count). The predicted octanol–water partition coefficient (Wildman–Crippen LogP) is 18.1. The number of hydrogen-bond acceptors (Lipinski definition) is 5. The predicted molar refractivity (Wildman–Crippen MR) is 270 cm³/mol. The van der Waals surface area contributed by atoms with Crippen molar-refractivity contribution in [1.29, 1.82) is 0 Å². The number of allylic oxidation sites excluding steroid dienone is 10. The lowest BCUT2D eigenvalue weighted by Crippen LogP contribution is -2.30. The molecule has 0 bridgehead atoms.